The summed E-state index contributed by atoms with van der Waals surface area (Å²) >= 11 is 0. The van der Waals surface area contributed by atoms with Crippen molar-refractivity contribution in [2.24, 2.45) is 5.73 Å². The van der Waals surface area contributed by atoms with Gasteiger partial charge in [0.1, 0.15) is 5.82 Å². The van der Waals surface area contributed by atoms with Crippen LogP contribution >= 0.6 is 0 Å². The van der Waals surface area contributed by atoms with E-state index in [1.807, 2.05) is 6.20 Å². The summed E-state index contributed by atoms with van der Waals surface area (Å²) in [7, 11) is 1.80. The molecule has 2 atom stereocenters. The van der Waals surface area contributed by atoms with Crippen molar-refractivity contribution in [3.63, 3.8) is 0 Å². The number of hydrogen-bond acceptors (Lipinski definition) is 4. The Bertz CT molecular complexity index is 436. The van der Waals surface area contributed by atoms with Crippen LogP contribution in [-0.4, -0.2) is 37.3 Å². The van der Waals surface area contributed by atoms with E-state index in [0.717, 1.165) is 38.2 Å². The van der Waals surface area contributed by atoms with Crippen molar-refractivity contribution < 1.29 is 4.74 Å². The number of aryl methyl sites for hydroxylation is 1. The van der Waals surface area contributed by atoms with Crippen LogP contribution in [-0.2, 0) is 11.2 Å². The van der Waals surface area contributed by atoms with Gasteiger partial charge in [-0.25, -0.2) is 4.98 Å². The van der Waals surface area contributed by atoms with Gasteiger partial charge in [0.15, 0.2) is 0 Å². The van der Waals surface area contributed by atoms with E-state index < -0.39 is 0 Å². The minimum absolute atomic E-state index is 0.231. The van der Waals surface area contributed by atoms with Crippen LogP contribution in [0.3, 0.4) is 0 Å². The van der Waals surface area contributed by atoms with Gasteiger partial charge in [0.2, 0.25) is 0 Å². The summed E-state index contributed by atoms with van der Waals surface area (Å²) in [5.41, 5.74) is 8.49. The Morgan fingerprint density at radius 3 is 3.00 bits per heavy atom. The molecule has 1 fully saturated rings. The largest absolute Gasteiger partial charge is 0.380 e. The molecule has 1 aliphatic rings. The Morgan fingerprint density at radius 2 is 2.35 bits per heavy atom. The van der Waals surface area contributed by atoms with E-state index in [2.05, 4.69) is 29.8 Å². The maximum Gasteiger partial charge on any atom is 0.131 e. The molecule has 0 radical (unpaired) electrons. The van der Waals surface area contributed by atoms with Gasteiger partial charge >= 0.3 is 0 Å². The van der Waals surface area contributed by atoms with Crippen LogP contribution in [0, 0.1) is 6.92 Å². The van der Waals surface area contributed by atoms with Gasteiger partial charge in [0.25, 0.3) is 0 Å². The van der Waals surface area contributed by atoms with Gasteiger partial charge in [0.05, 0.1) is 6.10 Å². The highest BCUT2D eigenvalue weighted by atomic mass is 16.5. The van der Waals surface area contributed by atoms with Gasteiger partial charge in [-0.2, -0.15) is 0 Å². The highest BCUT2D eigenvalue weighted by molar-refractivity contribution is 5.48. The molecule has 1 aromatic heterocycles. The minimum atomic E-state index is 0.231. The van der Waals surface area contributed by atoms with Crippen LogP contribution in [0.1, 0.15) is 37.3 Å². The van der Waals surface area contributed by atoms with E-state index in [4.69, 9.17) is 10.5 Å². The molecule has 0 aromatic carbocycles. The second-order valence-corrected chi connectivity index (χ2v) is 5.80. The van der Waals surface area contributed by atoms with Crippen LogP contribution in [0.15, 0.2) is 12.3 Å². The number of ether oxygens (including phenoxy) is 1. The summed E-state index contributed by atoms with van der Waals surface area (Å²) in [6, 6.07) is 2.46. The van der Waals surface area contributed by atoms with E-state index in [1.165, 1.54) is 17.5 Å². The van der Waals surface area contributed by atoms with Crippen molar-refractivity contribution in [2.45, 2.75) is 51.7 Å². The maximum absolute atomic E-state index is 6.02. The van der Waals surface area contributed by atoms with Gasteiger partial charge in [0, 0.05) is 32.4 Å². The monoisotopic (exact) mass is 277 g/mol. The van der Waals surface area contributed by atoms with Gasteiger partial charge in [-0.1, -0.05) is 13.0 Å². The predicted molar refractivity (Wildman–Crippen MR) is 83.2 cm³/mol. The number of methoxy groups -OCH3 is 1. The van der Waals surface area contributed by atoms with Gasteiger partial charge in [-0.15, -0.1) is 0 Å². The molecule has 4 heteroatoms. The molecule has 2 unspecified atom stereocenters. The van der Waals surface area contributed by atoms with E-state index in [0.29, 0.717) is 6.10 Å². The normalized spacial score (nSPS) is 21.0. The number of anilines is 1. The maximum atomic E-state index is 6.02. The van der Waals surface area contributed by atoms with E-state index in [-0.39, 0.29) is 6.04 Å². The predicted octanol–water partition coefficient (Wildman–Crippen LogP) is 2.29. The van der Waals surface area contributed by atoms with Crippen molar-refractivity contribution in [3.05, 3.63) is 23.4 Å². The van der Waals surface area contributed by atoms with Crippen LogP contribution in [0.5, 0.6) is 0 Å². The zero-order chi connectivity index (χ0) is 14.5. The van der Waals surface area contributed by atoms with Crippen LogP contribution < -0.4 is 10.6 Å². The Balaban J connectivity index is 2.09. The highest BCUT2D eigenvalue weighted by Crippen LogP contribution is 2.23. The first-order valence-corrected chi connectivity index (χ1v) is 7.62. The zero-order valence-corrected chi connectivity index (χ0v) is 12.9. The standard InChI is InChI=1S/C16H27N3O/c1-4-14(17)9-13-8-12(2)16(18-10-13)19-7-5-6-15(11-19)20-3/h8,10,14-15H,4-7,9,11,17H2,1-3H3. The molecule has 2 N–H and O–H groups in total. The average molecular weight is 277 g/mol. The zero-order valence-electron chi connectivity index (χ0n) is 12.9. The summed E-state index contributed by atoms with van der Waals surface area (Å²) in [4.78, 5) is 7.02. The van der Waals surface area contributed by atoms with E-state index in [1.54, 1.807) is 7.11 Å². The molecular weight excluding hydrogens is 250 g/mol. The van der Waals surface area contributed by atoms with Crippen molar-refractivity contribution in [3.8, 4) is 0 Å². The van der Waals surface area contributed by atoms with Crippen LogP contribution in [0.4, 0.5) is 5.82 Å². The van der Waals surface area contributed by atoms with Crippen molar-refractivity contribution >= 4 is 5.82 Å². The Labute approximate surface area is 122 Å². The lowest BCUT2D eigenvalue weighted by molar-refractivity contribution is 0.0891. The molecule has 4 nitrogen and oxygen atoms in total. The second-order valence-electron chi connectivity index (χ2n) is 5.80. The number of pyridine rings is 1. The lowest BCUT2D eigenvalue weighted by Gasteiger charge is -2.33. The van der Waals surface area contributed by atoms with Gasteiger partial charge in [-0.3, -0.25) is 0 Å². The molecule has 0 spiro atoms. The SMILES string of the molecule is CCC(N)Cc1cnc(N2CCCC(OC)C2)c(C)c1. The molecule has 2 rings (SSSR count). The fourth-order valence-corrected chi connectivity index (χ4v) is 2.84. The molecule has 0 aliphatic carbocycles. The van der Waals surface area contributed by atoms with Crippen molar-refractivity contribution in [1.29, 1.82) is 0 Å². The summed E-state index contributed by atoms with van der Waals surface area (Å²) in [5.74, 6) is 1.10. The van der Waals surface area contributed by atoms with Crippen molar-refractivity contribution in [1.82, 2.24) is 4.98 Å². The Kier molecular flexibility index (Phi) is 5.38. The number of hydrogen-bond donors (Lipinski definition) is 1. The fourth-order valence-electron chi connectivity index (χ4n) is 2.84. The molecule has 0 amide bonds. The average Bonchev–Trinajstić information content (AvgIpc) is 2.47. The van der Waals surface area contributed by atoms with Crippen molar-refractivity contribution in [2.75, 3.05) is 25.1 Å². The molecular formula is C16H27N3O. The first kappa shape index (κ1) is 15.3. The molecule has 1 aromatic rings. The van der Waals surface area contributed by atoms with Crippen LogP contribution in [0.2, 0.25) is 0 Å². The quantitative estimate of drug-likeness (QED) is 0.897. The molecule has 1 saturated heterocycles. The second kappa shape index (κ2) is 7.04. The van der Waals surface area contributed by atoms with Gasteiger partial charge in [-0.05, 0) is 43.7 Å². The third-order valence-corrected chi connectivity index (χ3v) is 4.14. The summed E-state index contributed by atoms with van der Waals surface area (Å²) in [6.07, 6.45) is 6.54. The third-order valence-electron chi connectivity index (χ3n) is 4.14. The topological polar surface area (TPSA) is 51.4 Å². The molecule has 112 valence electrons. The number of nitrogens with two attached hydrogens (primary N) is 1. The minimum Gasteiger partial charge on any atom is -0.380 e. The number of nitrogens with zero attached hydrogens (tertiary/aromatic N) is 2. The summed E-state index contributed by atoms with van der Waals surface area (Å²) < 4.78 is 5.49. The molecule has 20 heavy (non-hydrogen) atoms. The molecule has 2 heterocycles. The Morgan fingerprint density at radius 1 is 1.55 bits per heavy atom. The first-order valence-electron chi connectivity index (χ1n) is 7.62. The smallest absolute Gasteiger partial charge is 0.131 e. The Hall–Kier alpha value is -1.13. The molecule has 0 bridgehead atoms. The highest BCUT2D eigenvalue weighted by Gasteiger charge is 2.21. The lowest BCUT2D eigenvalue weighted by atomic mass is 10.0. The molecule has 0 saturated carbocycles. The first-order chi connectivity index (χ1) is 9.63. The fraction of sp³-hybridized carbons (Fsp3) is 0.688. The number of rotatable bonds is 5. The lowest BCUT2D eigenvalue weighted by Crippen LogP contribution is -2.40. The third kappa shape index (κ3) is 3.70. The molecule has 1 aliphatic heterocycles. The van der Waals surface area contributed by atoms with Crippen LogP contribution in [0.25, 0.3) is 0 Å². The number of piperidine rings is 1. The summed E-state index contributed by atoms with van der Waals surface area (Å²) in [6.45, 7) is 6.28. The number of aromatic nitrogens is 1. The van der Waals surface area contributed by atoms with E-state index in [9.17, 15) is 0 Å². The van der Waals surface area contributed by atoms with Gasteiger partial charge < -0.3 is 15.4 Å². The van der Waals surface area contributed by atoms with E-state index >= 15 is 0 Å². The summed E-state index contributed by atoms with van der Waals surface area (Å²) in [5, 5.41) is 0.